The fourth-order valence-corrected chi connectivity index (χ4v) is 1.18. The summed E-state index contributed by atoms with van der Waals surface area (Å²) >= 11 is 0. The van der Waals surface area contributed by atoms with Crippen molar-refractivity contribution in [1.82, 2.24) is 4.90 Å². The molecule has 10 heavy (non-hydrogen) atoms. The highest BCUT2D eigenvalue weighted by Gasteiger charge is 2.30. The minimum atomic E-state index is 0.517. The van der Waals surface area contributed by atoms with E-state index in [1.165, 1.54) is 0 Å². The highest BCUT2D eigenvalue weighted by molar-refractivity contribution is 5.23. The summed E-state index contributed by atoms with van der Waals surface area (Å²) in [5.41, 5.74) is 1.16. The molecule has 1 heterocycles. The standard InChI is InChI=1S/C9H11N/c1-10-7-9(10)8-5-3-2-4-6-8/h2-6,9H,7H2,1H3/t9-,10?/m0/s1/i5D. The molecule has 1 fully saturated rings. The first kappa shape index (κ1) is 4.91. The first-order valence-electron chi connectivity index (χ1n) is 4.05. The topological polar surface area (TPSA) is 3.01 Å². The smallest absolute Gasteiger partial charge is 0.0626 e. The third-order valence-electron chi connectivity index (χ3n) is 1.95. The molecule has 0 N–H and O–H groups in total. The molecule has 1 aromatic carbocycles. The van der Waals surface area contributed by atoms with E-state index >= 15 is 0 Å². The molecular weight excluding hydrogens is 122 g/mol. The summed E-state index contributed by atoms with van der Waals surface area (Å²) in [6, 6.07) is 8.98. The Morgan fingerprint density at radius 2 is 2.40 bits per heavy atom. The zero-order valence-corrected chi connectivity index (χ0v) is 6.04. The SMILES string of the molecule is [2H]c1ccccc1[C@@H]1CN1C. The van der Waals surface area contributed by atoms with E-state index in [-0.39, 0.29) is 0 Å². The molecule has 0 radical (unpaired) electrons. The van der Waals surface area contributed by atoms with Crippen molar-refractivity contribution in [3.05, 3.63) is 35.9 Å². The van der Waals surface area contributed by atoms with Crippen molar-refractivity contribution in [2.45, 2.75) is 6.04 Å². The molecule has 0 spiro atoms. The van der Waals surface area contributed by atoms with Crippen molar-refractivity contribution in [2.24, 2.45) is 0 Å². The van der Waals surface area contributed by atoms with Crippen molar-refractivity contribution >= 4 is 0 Å². The van der Waals surface area contributed by atoms with Crippen LogP contribution in [0.2, 0.25) is 0 Å². The number of likely N-dealkylation sites (N-methyl/N-ethyl adjacent to an activating group) is 1. The van der Waals surface area contributed by atoms with Gasteiger partial charge in [-0.25, -0.2) is 0 Å². The van der Waals surface area contributed by atoms with Crippen LogP contribution in [0, 0.1) is 0 Å². The molecule has 1 heteroatoms. The van der Waals surface area contributed by atoms with Gasteiger partial charge in [0.15, 0.2) is 0 Å². The van der Waals surface area contributed by atoms with Gasteiger partial charge in [0.2, 0.25) is 0 Å². The van der Waals surface area contributed by atoms with Crippen LogP contribution in [-0.4, -0.2) is 18.5 Å². The Bertz CT molecular complexity index is 272. The molecule has 1 aromatic rings. The second-order valence-electron chi connectivity index (χ2n) is 2.77. The summed E-state index contributed by atoms with van der Waals surface area (Å²) < 4.78 is 7.60. The van der Waals surface area contributed by atoms with Crippen LogP contribution in [0.3, 0.4) is 0 Å². The van der Waals surface area contributed by atoms with Crippen molar-refractivity contribution in [3.8, 4) is 0 Å². The maximum Gasteiger partial charge on any atom is 0.0626 e. The van der Waals surface area contributed by atoms with Crippen molar-refractivity contribution < 1.29 is 1.37 Å². The van der Waals surface area contributed by atoms with Crippen LogP contribution in [-0.2, 0) is 0 Å². The van der Waals surface area contributed by atoms with E-state index in [1.807, 2.05) is 24.3 Å². The summed E-state index contributed by atoms with van der Waals surface area (Å²) in [7, 11) is 2.08. The van der Waals surface area contributed by atoms with Crippen LogP contribution >= 0.6 is 0 Å². The maximum atomic E-state index is 7.60. The van der Waals surface area contributed by atoms with Gasteiger partial charge in [-0.1, -0.05) is 30.3 Å². The lowest BCUT2D eigenvalue weighted by Crippen LogP contribution is -1.86. The minimum absolute atomic E-state index is 0.517. The highest BCUT2D eigenvalue weighted by Crippen LogP contribution is 2.31. The third-order valence-corrected chi connectivity index (χ3v) is 1.95. The van der Waals surface area contributed by atoms with E-state index in [2.05, 4.69) is 11.9 Å². The van der Waals surface area contributed by atoms with E-state index in [0.29, 0.717) is 12.1 Å². The number of benzene rings is 1. The average molecular weight is 134 g/mol. The lowest BCUT2D eigenvalue weighted by Gasteiger charge is -1.95. The first-order valence-corrected chi connectivity index (χ1v) is 3.55. The molecule has 1 aliphatic rings. The summed E-state index contributed by atoms with van der Waals surface area (Å²) in [5.74, 6) is 0. The van der Waals surface area contributed by atoms with Gasteiger partial charge in [-0.05, 0) is 12.6 Å². The molecule has 1 nitrogen and oxygen atoms in total. The van der Waals surface area contributed by atoms with Crippen LogP contribution < -0.4 is 0 Å². The van der Waals surface area contributed by atoms with Gasteiger partial charge in [-0.2, -0.15) is 0 Å². The molecule has 0 aliphatic carbocycles. The average Bonchev–Trinajstić information content (AvgIpc) is 2.68. The predicted octanol–water partition coefficient (Wildman–Crippen LogP) is 1.67. The molecule has 1 unspecified atom stereocenters. The molecule has 0 amide bonds. The fraction of sp³-hybridized carbons (Fsp3) is 0.333. The predicted molar refractivity (Wildman–Crippen MR) is 41.8 cm³/mol. The van der Waals surface area contributed by atoms with Crippen molar-refractivity contribution in [2.75, 3.05) is 13.6 Å². The quantitative estimate of drug-likeness (QED) is 0.528. The second kappa shape index (κ2) is 2.10. The van der Waals surface area contributed by atoms with E-state index in [1.54, 1.807) is 0 Å². The van der Waals surface area contributed by atoms with Gasteiger partial charge < -0.3 is 0 Å². The van der Waals surface area contributed by atoms with Crippen LogP contribution in [0.5, 0.6) is 0 Å². The third kappa shape index (κ3) is 0.929. The Hall–Kier alpha value is -0.820. The summed E-state index contributed by atoms with van der Waals surface area (Å²) in [6.07, 6.45) is 0. The Balaban J connectivity index is 2.31. The van der Waals surface area contributed by atoms with Gasteiger partial charge in [-0.15, -0.1) is 0 Å². The van der Waals surface area contributed by atoms with Crippen LogP contribution in [0.1, 0.15) is 13.0 Å². The lowest BCUT2D eigenvalue weighted by atomic mass is 10.2. The Kier molecular flexibility index (Phi) is 1.03. The summed E-state index contributed by atoms with van der Waals surface area (Å²) in [5, 5.41) is 0. The molecule has 1 saturated heterocycles. The Labute approximate surface area is 62.7 Å². The molecule has 1 aliphatic heterocycles. The zero-order valence-electron chi connectivity index (χ0n) is 7.04. The summed E-state index contributed by atoms with van der Waals surface area (Å²) in [4.78, 5) is 2.23. The van der Waals surface area contributed by atoms with E-state index < -0.39 is 0 Å². The second-order valence-corrected chi connectivity index (χ2v) is 2.77. The molecule has 52 valence electrons. The Morgan fingerprint density at radius 1 is 1.60 bits per heavy atom. The molecule has 0 saturated carbocycles. The highest BCUT2D eigenvalue weighted by atomic mass is 15.3. The molecule has 2 atom stereocenters. The first-order chi connectivity index (χ1) is 5.29. The van der Waals surface area contributed by atoms with Gasteiger partial charge in [0.05, 0.1) is 1.37 Å². The number of nitrogens with zero attached hydrogens (tertiary/aromatic N) is 1. The monoisotopic (exact) mass is 134 g/mol. The molecule has 2 rings (SSSR count). The zero-order chi connectivity index (χ0) is 7.84. The molecule has 0 bridgehead atoms. The maximum absolute atomic E-state index is 7.60. The molecular formula is C9H11N. The number of rotatable bonds is 1. The summed E-state index contributed by atoms with van der Waals surface area (Å²) in [6.45, 7) is 1.11. The minimum Gasteiger partial charge on any atom is -0.296 e. The van der Waals surface area contributed by atoms with Gasteiger partial charge in [-0.3, -0.25) is 4.90 Å². The van der Waals surface area contributed by atoms with E-state index in [4.69, 9.17) is 1.37 Å². The fourth-order valence-electron chi connectivity index (χ4n) is 1.18. The van der Waals surface area contributed by atoms with Crippen LogP contribution in [0.15, 0.2) is 30.3 Å². The number of hydrogen-bond donors (Lipinski definition) is 0. The van der Waals surface area contributed by atoms with Crippen molar-refractivity contribution in [3.63, 3.8) is 0 Å². The Morgan fingerprint density at radius 3 is 3.00 bits per heavy atom. The lowest BCUT2D eigenvalue weighted by molar-refractivity contribution is 0.631. The van der Waals surface area contributed by atoms with Crippen LogP contribution in [0.25, 0.3) is 0 Å². The van der Waals surface area contributed by atoms with E-state index in [0.717, 1.165) is 12.1 Å². The normalized spacial score (nSPS) is 31.5. The molecule has 0 aromatic heterocycles. The largest absolute Gasteiger partial charge is 0.296 e. The van der Waals surface area contributed by atoms with Gasteiger partial charge in [0.1, 0.15) is 0 Å². The van der Waals surface area contributed by atoms with Crippen LogP contribution in [0.4, 0.5) is 0 Å². The van der Waals surface area contributed by atoms with Gasteiger partial charge in [0.25, 0.3) is 0 Å². The van der Waals surface area contributed by atoms with Gasteiger partial charge >= 0.3 is 0 Å². The number of hydrogen-bond acceptors (Lipinski definition) is 1. The van der Waals surface area contributed by atoms with Gasteiger partial charge in [0, 0.05) is 12.6 Å². The van der Waals surface area contributed by atoms with Crippen molar-refractivity contribution in [1.29, 1.82) is 0 Å². The van der Waals surface area contributed by atoms with E-state index in [9.17, 15) is 0 Å².